The number of Topliss-reactive ketones (excluding diaryl/α,β-unsaturated/α-hetero) is 1. The molecule has 1 aliphatic rings. The fourth-order valence-corrected chi connectivity index (χ4v) is 5.48. The largest absolute Gasteiger partial charge is 0.356 e. The number of hydrogen-bond donors (Lipinski definition) is 1. The molecule has 3 rings (SSSR count). The first kappa shape index (κ1) is 22.4. The van der Waals surface area contributed by atoms with Crippen LogP contribution in [0.1, 0.15) is 35.9 Å². The van der Waals surface area contributed by atoms with E-state index >= 15 is 0 Å². The normalized spacial score (nSPS) is 14.7. The van der Waals surface area contributed by atoms with Crippen molar-refractivity contribution in [3.63, 3.8) is 0 Å². The Balaban J connectivity index is 1.58. The maximum atomic E-state index is 12.6. The highest BCUT2D eigenvalue weighted by molar-refractivity contribution is 7.99. The first-order valence-electron chi connectivity index (χ1n) is 9.68. The van der Waals surface area contributed by atoms with Gasteiger partial charge in [0.2, 0.25) is 15.9 Å². The van der Waals surface area contributed by atoms with Crippen LogP contribution in [0.15, 0.2) is 34.3 Å². The average Bonchev–Trinajstić information content (AvgIpc) is 3.37. The molecule has 0 atom stereocenters. The molecule has 1 N–H and O–H groups in total. The smallest absolute Gasteiger partial charge is 0.243 e. The summed E-state index contributed by atoms with van der Waals surface area (Å²) in [4.78, 5) is 23.7. The van der Waals surface area contributed by atoms with Crippen molar-refractivity contribution in [3.8, 4) is 0 Å². The van der Waals surface area contributed by atoms with Gasteiger partial charge in [0.1, 0.15) is 5.82 Å². The number of carbonyl (C=O) groups is 2. The molecule has 1 fully saturated rings. The molecule has 0 radical (unpaired) electrons. The molecule has 11 heteroatoms. The van der Waals surface area contributed by atoms with Crippen molar-refractivity contribution in [2.24, 2.45) is 7.05 Å². The van der Waals surface area contributed by atoms with Crippen LogP contribution in [0.4, 0.5) is 0 Å². The van der Waals surface area contributed by atoms with Crippen molar-refractivity contribution in [2.75, 3.05) is 25.4 Å². The number of sulfonamides is 1. The Kier molecular flexibility index (Phi) is 7.27. The van der Waals surface area contributed by atoms with Gasteiger partial charge in [-0.15, -0.1) is 10.2 Å². The predicted octanol–water partition coefficient (Wildman–Crippen LogP) is 1.25. The first-order valence-corrected chi connectivity index (χ1v) is 12.1. The van der Waals surface area contributed by atoms with Crippen molar-refractivity contribution in [1.82, 2.24) is 24.4 Å². The first-order chi connectivity index (χ1) is 14.3. The maximum absolute atomic E-state index is 12.6. The van der Waals surface area contributed by atoms with Gasteiger partial charge in [-0.05, 0) is 25.0 Å². The van der Waals surface area contributed by atoms with Crippen molar-refractivity contribution >= 4 is 33.5 Å². The zero-order valence-corrected chi connectivity index (χ0v) is 18.6. The van der Waals surface area contributed by atoms with E-state index in [0.717, 1.165) is 18.7 Å². The molecule has 0 saturated carbocycles. The third kappa shape index (κ3) is 5.27. The second kappa shape index (κ2) is 9.71. The van der Waals surface area contributed by atoms with Crippen molar-refractivity contribution in [3.05, 3.63) is 35.7 Å². The summed E-state index contributed by atoms with van der Waals surface area (Å²) < 4.78 is 28.4. The van der Waals surface area contributed by atoms with Crippen LogP contribution in [-0.4, -0.2) is 64.6 Å². The lowest BCUT2D eigenvalue weighted by atomic mass is 10.1. The van der Waals surface area contributed by atoms with Crippen molar-refractivity contribution in [2.45, 2.75) is 36.2 Å². The predicted molar refractivity (Wildman–Crippen MR) is 113 cm³/mol. The summed E-state index contributed by atoms with van der Waals surface area (Å²) in [5.74, 6) is 0.662. The van der Waals surface area contributed by atoms with Gasteiger partial charge in [0.25, 0.3) is 0 Å². The van der Waals surface area contributed by atoms with Crippen LogP contribution in [0.25, 0.3) is 0 Å². The quantitative estimate of drug-likeness (QED) is 0.451. The zero-order chi connectivity index (χ0) is 21.7. The second-order valence-corrected chi connectivity index (χ2v) is 9.92. The minimum atomic E-state index is -3.48. The van der Waals surface area contributed by atoms with Gasteiger partial charge < -0.3 is 9.88 Å². The molecule has 1 amide bonds. The number of thioether (sulfide) groups is 1. The molecular weight excluding hydrogens is 426 g/mol. The molecule has 30 heavy (non-hydrogen) atoms. The fourth-order valence-electron chi connectivity index (χ4n) is 3.14. The van der Waals surface area contributed by atoms with Gasteiger partial charge >= 0.3 is 0 Å². The molecule has 2 aromatic rings. The number of nitrogens with one attached hydrogen (secondary N) is 1. The summed E-state index contributed by atoms with van der Waals surface area (Å²) in [6.07, 6.45) is 2.30. The van der Waals surface area contributed by atoms with Crippen LogP contribution >= 0.6 is 11.8 Å². The molecule has 1 saturated heterocycles. The van der Waals surface area contributed by atoms with E-state index in [2.05, 4.69) is 15.5 Å². The van der Waals surface area contributed by atoms with Crippen LogP contribution in [0, 0.1) is 0 Å². The summed E-state index contributed by atoms with van der Waals surface area (Å²) >= 11 is 1.27. The van der Waals surface area contributed by atoms with Gasteiger partial charge in [-0.1, -0.05) is 23.9 Å². The minimum Gasteiger partial charge on any atom is -0.356 e. The Morgan fingerprint density at radius 1 is 1.13 bits per heavy atom. The molecule has 0 unspecified atom stereocenters. The number of amides is 1. The second-order valence-electron chi connectivity index (χ2n) is 7.04. The molecule has 1 aromatic heterocycles. The number of rotatable bonds is 9. The Bertz CT molecular complexity index is 1010. The fraction of sp³-hybridized carbons (Fsp3) is 0.474. The van der Waals surface area contributed by atoms with E-state index in [9.17, 15) is 18.0 Å². The molecular formula is C19H25N5O4S2. The van der Waals surface area contributed by atoms with Crippen molar-refractivity contribution in [1.29, 1.82) is 0 Å². The SMILES string of the molecule is CC(=O)NCCc1nnc(SCC(=O)c2ccc(S(=O)(=O)N3CCCC3)cc2)n1C. The molecule has 0 spiro atoms. The lowest BCUT2D eigenvalue weighted by Crippen LogP contribution is -2.27. The molecule has 0 bridgehead atoms. The average molecular weight is 452 g/mol. The Hall–Kier alpha value is -2.24. The maximum Gasteiger partial charge on any atom is 0.243 e. The number of aromatic nitrogens is 3. The van der Waals surface area contributed by atoms with E-state index in [0.29, 0.717) is 36.8 Å². The van der Waals surface area contributed by atoms with Gasteiger partial charge in [0.15, 0.2) is 10.9 Å². The monoisotopic (exact) mass is 451 g/mol. The van der Waals surface area contributed by atoms with Crippen LogP contribution in [-0.2, 0) is 28.3 Å². The Labute approximate surface area is 180 Å². The lowest BCUT2D eigenvalue weighted by Gasteiger charge is -2.15. The lowest BCUT2D eigenvalue weighted by molar-refractivity contribution is -0.118. The summed E-state index contributed by atoms with van der Waals surface area (Å²) in [5.41, 5.74) is 0.455. The summed E-state index contributed by atoms with van der Waals surface area (Å²) in [6.45, 7) is 3.02. The summed E-state index contributed by atoms with van der Waals surface area (Å²) in [6, 6.07) is 6.10. The Morgan fingerprint density at radius 3 is 2.43 bits per heavy atom. The Morgan fingerprint density at radius 2 is 1.80 bits per heavy atom. The van der Waals surface area contributed by atoms with Gasteiger partial charge in [0.05, 0.1) is 10.6 Å². The molecule has 162 valence electrons. The number of nitrogens with zero attached hydrogens (tertiary/aromatic N) is 4. The number of ketones is 1. The van der Waals surface area contributed by atoms with Crippen molar-refractivity contribution < 1.29 is 18.0 Å². The summed E-state index contributed by atoms with van der Waals surface area (Å²) in [5, 5.41) is 11.5. The van der Waals surface area contributed by atoms with E-state index in [4.69, 9.17) is 0 Å². The third-order valence-corrected chi connectivity index (χ3v) is 7.79. The van der Waals surface area contributed by atoms with Gasteiger partial charge in [-0.25, -0.2) is 8.42 Å². The van der Waals surface area contributed by atoms with E-state index in [1.807, 2.05) is 7.05 Å². The highest BCUT2D eigenvalue weighted by atomic mass is 32.2. The van der Waals surface area contributed by atoms with Crippen LogP contribution in [0.2, 0.25) is 0 Å². The van der Waals surface area contributed by atoms with Gasteiger partial charge in [0, 0.05) is 45.6 Å². The van der Waals surface area contributed by atoms with E-state index < -0.39 is 10.0 Å². The van der Waals surface area contributed by atoms with Crippen LogP contribution in [0.5, 0.6) is 0 Å². The zero-order valence-electron chi connectivity index (χ0n) is 17.0. The molecule has 9 nitrogen and oxygen atoms in total. The van der Waals surface area contributed by atoms with Gasteiger partial charge in [-0.2, -0.15) is 4.31 Å². The molecule has 1 aliphatic heterocycles. The number of hydrogen-bond acceptors (Lipinski definition) is 7. The molecule has 2 heterocycles. The minimum absolute atomic E-state index is 0.100. The topological polar surface area (TPSA) is 114 Å². The van der Waals surface area contributed by atoms with E-state index in [-0.39, 0.29) is 22.3 Å². The van der Waals surface area contributed by atoms with Crippen LogP contribution < -0.4 is 5.32 Å². The molecule has 0 aliphatic carbocycles. The number of carbonyl (C=O) groups excluding carboxylic acids is 2. The highest BCUT2D eigenvalue weighted by Gasteiger charge is 2.27. The van der Waals surface area contributed by atoms with Crippen LogP contribution in [0.3, 0.4) is 0 Å². The van der Waals surface area contributed by atoms with E-state index in [1.54, 1.807) is 16.7 Å². The standard InChI is InChI=1S/C19H25N5O4S2/c1-14(25)20-10-9-18-21-22-19(23(18)2)29-13-17(26)15-5-7-16(8-6-15)30(27,28)24-11-3-4-12-24/h5-8H,3-4,9-13H2,1-2H3,(H,20,25). The van der Waals surface area contributed by atoms with E-state index in [1.165, 1.54) is 35.1 Å². The number of benzene rings is 1. The summed E-state index contributed by atoms with van der Waals surface area (Å²) in [7, 11) is -1.67. The molecule has 1 aromatic carbocycles. The third-order valence-electron chi connectivity index (χ3n) is 4.86. The van der Waals surface area contributed by atoms with Gasteiger partial charge in [-0.3, -0.25) is 9.59 Å². The highest BCUT2D eigenvalue weighted by Crippen LogP contribution is 2.22.